The van der Waals surface area contributed by atoms with Gasteiger partial charge >= 0.3 is 0 Å². The summed E-state index contributed by atoms with van der Waals surface area (Å²) in [6.45, 7) is 8.34. The molecule has 0 atom stereocenters. The van der Waals surface area contributed by atoms with E-state index in [1.54, 1.807) is 6.20 Å². The van der Waals surface area contributed by atoms with Gasteiger partial charge in [-0.15, -0.1) is 0 Å². The molecule has 1 heterocycles. The lowest BCUT2D eigenvalue weighted by Crippen LogP contribution is -2.49. The zero-order valence-electron chi connectivity index (χ0n) is 12.2. The first kappa shape index (κ1) is 14.1. The smallest absolute Gasteiger partial charge is 0.213 e. The van der Waals surface area contributed by atoms with E-state index in [0.717, 1.165) is 18.6 Å². The Bertz CT molecular complexity index is 384. The molecule has 0 bridgehead atoms. The van der Waals surface area contributed by atoms with E-state index in [1.165, 1.54) is 0 Å². The Morgan fingerprint density at radius 2 is 1.95 bits per heavy atom. The molecule has 2 rings (SSSR count). The highest BCUT2D eigenvalue weighted by Gasteiger charge is 2.31. The minimum Gasteiger partial charge on any atom is -0.489 e. The Kier molecular flexibility index (Phi) is 4.64. The second kappa shape index (κ2) is 6.24. The van der Waals surface area contributed by atoms with Gasteiger partial charge in [-0.2, -0.15) is 0 Å². The van der Waals surface area contributed by atoms with Gasteiger partial charge in [0.05, 0.1) is 12.3 Å². The van der Waals surface area contributed by atoms with Crippen LogP contribution in [0.4, 0.5) is 0 Å². The van der Waals surface area contributed by atoms with Crippen molar-refractivity contribution in [2.75, 3.05) is 0 Å². The third kappa shape index (κ3) is 4.39. The predicted molar refractivity (Wildman–Crippen MR) is 75.7 cm³/mol. The maximum absolute atomic E-state index is 5.82. The van der Waals surface area contributed by atoms with E-state index in [9.17, 15) is 0 Å². The molecule has 0 spiro atoms. The van der Waals surface area contributed by atoms with Crippen molar-refractivity contribution in [3.63, 3.8) is 0 Å². The first-order valence-corrected chi connectivity index (χ1v) is 7.08. The van der Waals surface area contributed by atoms with Crippen molar-refractivity contribution in [3.05, 3.63) is 18.3 Å². The Labute approximate surface area is 115 Å². The fourth-order valence-corrected chi connectivity index (χ4v) is 2.22. The van der Waals surface area contributed by atoms with E-state index in [-0.39, 0.29) is 6.10 Å². The second-order valence-corrected chi connectivity index (χ2v) is 5.73. The molecular formula is C15H24N2O2. The van der Waals surface area contributed by atoms with Crippen molar-refractivity contribution in [1.82, 2.24) is 10.3 Å². The third-order valence-electron chi connectivity index (χ3n) is 3.03. The molecule has 0 unspecified atom stereocenters. The van der Waals surface area contributed by atoms with Crippen LogP contribution in [0.3, 0.4) is 0 Å². The summed E-state index contributed by atoms with van der Waals surface area (Å²) in [5.41, 5.74) is 0. The molecule has 4 nitrogen and oxygen atoms in total. The van der Waals surface area contributed by atoms with Crippen LogP contribution in [0.2, 0.25) is 0 Å². The number of rotatable bonds is 6. The van der Waals surface area contributed by atoms with Crippen LogP contribution in [0.1, 0.15) is 40.5 Å². The van der Waals surface area contributed by atoms with Gasteiger partial charge in [-0.1, -0.05) is 13.8 Å². The van der Waals surface area contributed by atoms with E-state index in [4.69, 9.17) is 9.47 Å². The van der Waals surface area contributed by atoms with Crippen LogP contribution in [0, 0.1) is 0 Å². The van der Waals surface area contributed by atoms with Crippen LogP contribution >= 0.6 is 0 Å². The van der Waals surface area contributed by atoms with E-state index in [1.807, 2.05) is 26.0 Å². The molecule has 1 fully saturated rings. The van der Waals surface area contributed by atoms with Gasteiger partial charge in [-0.3, -0.25) is 0 Å². The first-order valence-electron chi connectivity index (χ1n) is 7.08. The van der Waals surface area contributed by atoms with Gasteiger partial charge in [0.2, 0.25) is 5.88 Å². The zero-order valence-corrected chi connectivity index (χ0v) is 12.2. The average Bonchev–Trinajstić information content (AvgIpc) is 2.27. The molecule has 1 aromatic heterocycles. The van der Waals surface area contributed by atoms with Gasteiger partial charge in [0.25, 0.3) is 0 Å². The summed E-state index contributed by atoms with van der Waals surface area (Å²) in [6.07, 6.45) is 4.30. The Hall–Kier alpha value is -1.29. The topological polar surface area (TPSA) is 43.4 Å². The molecular weight excluding hydrogens is 240 g/mol. The van der Waals surface area contributed by atoms with Crippen LogP contribution < -0.4 is 14.8 Å². The van der Waals surface area contributed by atoms with Crippen molar-refractivity contribution >= 4 is 0 Å². The standard InChI is InChI=1S/C15H24N2O2/c1-10(2)17-12-7-14(8-12)19-15-6-5-13(9-16-15)18-11(3)4/h5-6,9-12,14,17H,7-8H2,1-4H3/t12-,14+. The van der Waals surface area contributed by atoms with Crippen molar-refractivity contribution in [2.45, 2.75) is 64.8 Å². The molecule has 1 aliphatic rings. The van der Waals surface area contributed by atoms with Crippen molar-refractivity contribution in [1.29, 1.82) is 0 Å². The largest absolute Gasteiger partial charge is 0.489 e. The number of ether oxygens (including phenoxy) is 2. The first-order chi connectivity index (χ1) is 9.02. The molecule has 4 heteroatoms. The fourth-order valence-electron chi connectivity index (χ4n) is 2.22. The molecule has 0 saturated heterocycles. The van der Waals surface area contributed by atoms with Crippen LogP contribution in [-0.4, -0.2) is 29.3 Å². The van der Waals surface area contributed by atoms with Crippen LogP contribution in [0.15, 0.2) is 18.3 Å². The predicted octanol–water partition coefficient (Wildman–Crippen LogP) is 2.78. The maximum atomic E-state index is 5.82. The highest BCUT2D eigenvalue weighted by molar-refractivity contribution is 5.23. The number of aromatic nitrogens is 1. The van der Waals surface area contributed by atoms with Gasteiger partial charge in [-0.05, 0) is 32.8 Å². The van der Waals surface area contributed by atoms with E-state index in [2.05, 4.69) is 24.1 Å². The summed E-state index contributed by atoms with van der Waals surface area (Å²) in [7, 11) is 0. The maximum Gasteiger partial charge on any atom is 0.213 e. The monoisotopic (exact) mass is 264 g/mol. The summed E-state index contributed by atoms with van der Waals surface area (Å²) in [4.78, 5) is 4.27. The quantitative estimate of drug-likeness (QED) is 0.858. The van der Waals surface area contributed by atoms with Crippen molar-refractivity contribution in [3.8, 4) is 11.6 Å². The summed E-state index contributed by atoms with van der Waals surface area (Å²) >= 11 is 0. The molecule has 19 heavy (non-hydrogen) atoms. The average molecular weight is 264 g/mol. The summed E-state index contributed by atoms with van der Waals surface area (Å²) < 4.78 is 11.4. The molecule has 1 N–H and O–H groups in total. The number of hydrogen-bond donors (Lipinski definition) is 1. The number of hydrogen-bond acceptors (Lipinski definition) is 4. The summed E-state index contributed by atoms with van der Waals surface area (Å²) in [5.74, 6) is 1.47. The zero-order chi connectivity index (χ0) is 13.8. The van der Waals surface area contributed by atoms with E-state index < -0.39 is 0 Å². The normalized spacial score (nSPS) is 22.4. The van der Waals surface area contributed by atoms with Crippen LogP contribution in [-0.2, 0) is 0 Å². The molecule has 106 valence electrons. The molecule has 0 amide bonds. The van der Waals surface area contributed by atoms with Crippen LogP contribution in [0.5, 0.6) is 11.6 Å². The van der Waals surface area contributed by atoms with Crippen molar-refractivity contribution in [2.24, 2.45) is 0 Å². The van der Waals surface area contributed by atoms with Gasteiger partial charge in [-0.25, -0.2) is 4.98 Å². The van der Waals surface area contributed by atoms with Crippen LogP contribution in [0.25, 0.3) is 0 Å². The fraction of sp³-hybridized carbons (Fsp3) is 0.667. The Morgan fingerprint density at radius 3 is 2.47 bits per heavy atom. The second-order valence-electron chi connectivity index (χ2n) is 5.73. The molecule has 0 aliphatic heterocycles. The number of nitrogens with zero attached hydrogens (tertiary/aromatic N) is 1. The van der Waals surface area contributed by atoms with Gasteiger partial charge < -0.3 is 14.8 Å². The third-order valence-corrected chi connectivity index (χ3v) is 3.03. The lowest BCUT2D eigenvalue weighted by molar-refractivity contribution is 0.0770. The van der Waals surface area contributed by atoms with Gasteiger partial charge in [0, 0.05) is 18.2 Å². The number of pyridine rings is 1. The Balaban J connectivity index is 1.75. The molecule has 1 aromatic rings. The highest BCUT2D eigenvalue weighted by Crippen LogP contribution is 2.26. The number of nitrogens with one attached hydrogen (secondary N) is 1. The highest BCUT2D eigenvalue weighted by atomic mass is 16.5. The van der Waals surface area contributed by atoms with Gasteiger partial charge in [0.1, 0.15) is 11.9 Å². The minimum atomic E-state index is 0.170. The summed E-state index contributed by atoms with van der Waals surface area (Å²) in [6, 6.07) is 4.91. The van der Waals surface area contributed by atoms with Gasteiger partial charge in [0.15, 0.2) is 0 Å². The molecule has 1 saturated carbocycles. The Morgan fingerprint density at radius 1 is 1.21 bits per heavy atom. The van der Waals surface area contributed by atoms with E-state index >= 15 is 0 Å². The minimum absolute atomic E-state index is 0.170. The molecule has 0 aromatic carbocycles. The SMILES string of the molecule is CC(C)N[C@H]1C[C@@H](Oc2ccc(OC(C)C)cn2)C1. The molecule has 1 aliphatic carbocycles. The summed E-state index contributed by atoms with van der Waals surface area (Å²) in [5, 5.41) is 3.51. The van der Waals surface area contributed by atoms with Crippen molar-refractivity contribution < 1.29 is 9.47 Å². The lowest BCUT2D eigenvalue weighted by Gasteiger charge is -2.36. The lowest BCUT2D eigenvalue weighted by atomic mass is 9.89. The molecule has 0 radical (unpaired) electrons. The van der Waals surface area contributed by atoms with E-state index in [0.29, 0.717) is 24.1 Å².